The number of likely N-dealkylation sites (N-methyl/N-ethyl adjacent to an activating group) is 1. The van der Waals surface area contributed by atoms with Gasteiger partial charge in [0.15, 0.2) is 0 Å². The molecule has 0 radical (unpaired) electrons. The predicted molar refractivity (Wildman–Crippen MR) is 78.8 cm³/mol. The molecule has 1 aromatic heterocycles. The van der Waals surface area contributed by atoms with Gasteiger partial charge in [0.25, 0.3) is 5.91 Å². The highest BCUT2D eigenvalue weighted by Gasteiger charge is 2.31. The van der Waals surface area contributed by atoms with E-state index in [2.05, 4.69) is 15.6 Å². The topological polar surface area (TPSA) is 80.1 Å². The molecule has 1 atom stereocenters. The quantitative estimate of drug-likeness (QED) is 0.906. The molecule has 1 unspecified atom stereocenters. The van der Waals surface area contributed by atoms with Crippen molar-refractivity contribution in [1.82, 2.24) is 25.2 Å². The summed E-state index contributed by atoms with van der Waals surface area (Å²) in [6.07, 6.45) is 0. The van der Waals surface area contributed by atoms with E-state index >= 15 is 0 Å². The molecule has 0 bridgehead atoms. The fourth-order valence-electron chi connectivity index (χ4n) is 2.54. The lowest BCUT2D eigenvalue weighted by Crippen LogP contribution is -2.39. The highest BCUT2D eigenvalue weighted by molar-refractivity contribution is 5.94. The van der Waals surface area contributed by atoms with Crippen molar-refractivity contribution in [2.24, 2.45) is 0 Å². The Kier molecular flexibility index (Phi) is 3.62. The van der Waals surface area contributed by atoms with Crippen LogP contribution in [0.1, 0.15) is 34.7 Å². The Bertz CT molecular complexity index is 710. The maximum Gasteiger partial charge on any atom is 0.251 e. The summed E-state index contributed by atoms with van der Waals surface area (Å²) in [7, 11) is 1.75. The smallest absolute Gasteiger partial charge is 0.251 e. The Balaban J connectivity index is 1.74. The van der Waals surface area contributed by atoms with E-state index in [9.17, 15) is 9.59 Å². The summed E-state index contributed by atoms with van der Waals surface area (Å²) >= 11 is 0. The molecule has 0 fully saturated rings. The number of carbonyl (C=O) groups excluding carboxylic acids is 2. The molecule has 22 heavy (non-hydrogen) atoms. The second kappa shape index (κ2) is 5.59. The van der Waals surface area contributed by atoms with Crippen molar-refractivity contribution in [2.45, 2.75) is 26.1 Å². The Morgan fingerprint density at radius 1 is 1.36 bits per heavy atom. The average molecular weight is 299 g/mol. The molecule has 1 N–H and O–H groups in total. The van der Waals surface area contributed by atoms with Crippen LogP contribution in [0.15, 0.2) is 30.3 Å². The SMILES string of the molecule is CC1C(=O)N(C)Cc2c(CNC(=O)c3ccccc3)nnn21. The number of nitrogens with one attached hydrogen (secondary N) is 1. The molecule has 0 aliphatic carbocycles. The van der Waals surface area contributed by atoms with Gasteiger partial charge in [-0.2, -0.15) is 0 Å². The van der Waals surface area contributed by atoms with Crippen molar-refractivity contribution in [3.63, 3.8) is 0 Å². The van der Waals surface area contributed by atoms with Gasteiger partial charge < -0.3 is 10.2 Å². The van der Waals surface area contributed by atoms with E-state index < -0.39 is 0 Å². The Morgan fingerprint density at radius 2 is 2.09 bits per heavy atom. The van der Waals surface area contributed by atoms with Crippen molar-refractivity contribution < 1.29 is 9.59 Å². The number of carbonyl (C=O) groups is 2. The van der Waals surface area contributed by atoms with Crippen LogP contribution in [0.25, 0.3) is 0 Å². The largest absolute Gasteiger partial charge is 0.346 e. The van der Waals surface area contributed by atoms with Gasteiger partial charge in [-0.25, -0.2) is 4.68 Å². The maximum atomic E-state index is 12.1. The van der Waals surface area contributed by atoms with Crippen LogP contribution in [0.2, 0.25) is 0 Å². The molecular formula is C15H17N5O2. The molecule has 0 saturated heterocycles. The van der Waals surface area contributed by atoms with Gasteiger partial charge >= 0.3 is 0 Å². The summed E-state index contributed by atoms with van der Waals surface area (Å²) in [5.74, 6) is -0.145. The third-order valence-electron chi connectivity index (χ3n) is 3.81. The van der Waals surface area contributed by atoms with Crippen molar-refractivity contribution >= 4 is 11.8 Å². The first kappa shape index (κ1) is 14.2. The molecule has 7 nitrogen and oxygen atoms in total. The van der Waals surface area contributed by atoms with Gasteiger partial charge in [-0.1, -0.05) is 23.4 Å². The van der Waals surface area contributed by atoms with Crippen LogP contribution in [-0.4, -0.2) is 38.8 Å². The Hall–Kier alpha value is -2.70. The van der Waals surface area contributed by atoms with Gasteiger partial charge in [0.2, 0.25) is 5.91 Å². The minimum Gasteiger partial charge on any atom is -0.346 e. The number of amides is 2. The Labute approximate surface area is 127 Å². The van der Waals surface area contributed by atoms with E-state index in [0.29, 0.717) is 17.8 Å². The van der Waals surface area contributed by atoms with Crippen LogP contribution < -0.4 is 5.32 Å². The van der Waals surface area contributed by atoms with Crippen LogP contribution >= 0.6 is 0 Å². The van der Waals surface area contributed by atoms with Crippen molar-refractivity contribution in [1.29, 1.82) is 0 Å². The highest BCUT2D eigenvalue weighted by atomic mass is 16.2. The number of benzene rings is 1. The van der Waals surface area contributed by atoms with Gasteiger partial charge in [0.05, 0.1) is 18.8 Å². The molecule has 1 aromatic carbocycles. The average Bonchev–Trinajstić information content (AvgIpc) is 2.94. The molecule has 2 heterocycles. The van der Waals surface area contributed by atoms with Crippen LogP contribution in [0, 0.1) is 0 Å². The van der Waals surface area contributed by atoms with Crippen LogP contribution in [0.5, 0.6) is 0 Å². The van der Waals surface area contributed by atoms with E-state index in [1.807, 2.05) is 18.2 Å². The fourth-order valence-corrected chi connectivity index (χ4v) is 2.54. The van der Waals surface area contributed by atoms with E-state index in [1.165, 1.54) is 0 Å². The van der Waals surface area contributed by atoms with Gasteiger partial charge in [0.1, 0.15) is 11.7 Å². The van der Waals surface area contributed by atoms with Gasteiger partial charge in [0, 0.05) is 12.6 Å². The first-order valence-electron chi connectivity index (χ1n) is 7.09. The third kappa shape index (κ3) is 2.45. The first-order valence-corrected chi connectivity index (χ1v) is 7.09. The molecular weight excluding hydrogens is 282 g/mol. The molecule has 1 aliphatic rings. The number of hydrogen-bond donors (Lipinski definition) is 1. The minimum absolute atomic E-state index is 0.0114. The summed E-state index contributed by atoms with van der Waals surface area (Å²) in [5.41, 5.74) is 2.16. The molecule has 0 spiro atoms. The Morgan fingerprint density at radius 3 is 2.82 bits per heavy atom. The van der Waals surface area contributed by atoms with Crippen LogP contribution in [0.3, 0.4) is 0 Å². The first-order chi connectivity index (χ1) is 10.6. The van der Waals surface area contributed by atoms with E-state index in [-0.39, 0.29) is 24.4 Å². The summed E-state index contributed by atoms with van der Waals surface area (Å²) in [4.78, 5) is 25.6. The fraction of sp³-hybridized carbons (Fsp3) is 0.333. The lowest BCUT2D eigenvalue weighted by atomic mass is 10.1. The summed E-state index contributed by atoms with van der Waals surface area (Å²) < 4.78 is 1.63. The number of rotatable bonds is 3. The van der Waals surface area contributed by atoms with E-state index in [0.717, 1.165) is 5.69 Å². The van der Waals surface area contributed by atoms with Gasteiger partial charge in [-0.05, 0) is 19.1 Å². The van der Waals surface area contributed by atoms with Gasteiger partial charge in [-0.3, -0.25) is 9.59 Å². The molecule has 2 aromatic rings. The number of fused-ring (bicyclic) bond motifs is 1. The predicted octanol–water partition coefficient (Wildman–Crippen LogP) is 0.741. The zero-order valence-electron chi connectivity index (χ0n) is 12.5. The van der Waals surface area contributed by atoms with Crippen molar-refractivity contribution in [2.75, 3.05) is 7.05 Å². The second-order valence-electron chi connectivity index (χ2n) is 5.35. The molecule has 7 heteroatoms. The lowest BCUT2D eigenvalue weighted by molar-refractivity contribution is -0.135. The zero-order valence-corrected chi connectivity index (χ0v) is 12.5. The monoisotopic (exact) mass is 299 g/mol. The number of hydrogen-bond acceptors (Lipinski definition) is 4. The molecule has 0 saturated carbocycles. The molecule has 114 valence electrons. The molecule has 1 aliphatic heterocycles. The van der Waals surface area contributed by atoms with Gasteiger partial charge in [-0.15, -0.1) is 5.10 Å². The summed E-state index contributed by atoms with van der Waals surface area (Å²) in [5, 5.41) is 11.0. The normalized spacial score (nSPS) is 17.3. The second-order valence-corrected chi connectivity index (χ2v) is 5.35. The van der Waals surface area contributed by atoms with Crippen molar-refractivity contribution in [3.05, 3.63) is 47.3 Å². The van der Waals surface area contributed by atoms with Crippen LogP contribution in [-0.2, 0) is 17.9 Å². The minimum atomic E-state index is -0.361. The standard InChI is InChI=1S/C15H17N5O2/c1-10-15(22)19(2)9-13-12(17-18-20(10)13)8-16-14(21)11-6-4-3-5-7-11/h3-7,10H,8-9H2,1-2H3,(H,16,21). The van der Waals surface area contributed by atoms with E-state index in [4.69, 9.17) is 0 Å². The zero-order chi connectivity index (χ0) is 15.7. The number of nitrogens with zero attached hydrogens (tertiary/aromatic N) is 4. The number of aromatic nitrogens is 3. The molecule has 3 rings (SSSR count). The summed E-state index contributed by atoms with van der Waals surface area (Å²) in [6, 6.07) is 8.64. The molecule has 2 amide bonds. The third-order valence-corrected chi connectivity index (χ3v) is 3.81. The van der Waals surface area contributed by atoms with E-state index in [1.54, 1.807) is 35.7 Å². The maximum absolute atomic E-state index is 12.1. The summed E-state index contributed by atoms with van der Waals surface area (Å²) in [6.45, 7) is 2.53. The highest BCUT2D eigenvalue weighted by Crippen LogP contribution is 2.21. The van der Waals surface area contributed by atoms with Crippen LogP contribution in [0.4, 0.5) is 0 Å². The lowest BCUT2D eigenvalue weighted by Gasteiger charge is -2.28. The van der Waals surface area contributed by atoms with Crippen molar-refractivity contribution in [3.8, 4) is 0 Å².